The number of hydrogen-bond donors (Lipinski definition) is 0. The van der Waals surface area contributed by atoms with Crippen LogP contribution < -0.4 is 9.47 Å². The molecule has 1 unspecified atom stereocenters. The van der Waals surface area contributed by atoms with E-state index in [-0.39, 0.29) is 19.4 Å². The molecule has 1 saturated heterocycles. The van der Waals surface area contributed by atoms with Crippen molar-refractivity contribution in [3.63, 3.8) is 0 Å². The summed E-state index contributed by atoms with van der Waals surface area (Å²) in [6.45, 7) is 0.826. The van der Waals surface area contributed by atoms with Gasteiger partial charge in [-0.1, -0.05) is 6.07 Å². The highest BCUT2D eigenvalue weighted by molar-refractivity contribution is 5.45. The number of benzene rings is 1. The molecule has 0 spiro atoms. The summed E-state index contributed by atoms with van der Waals surface area (Å²) in [7, 11) is 0. The smallest absolute Gasteiger partial charge is 0.251 e. The van der Waals surface area contributed by atoms with Gasteiger partial charge in [0, 0.05) is 6.04 Å². The lowest BCUT2D eigenvalue weighted by molar-refractivity contribution is 0.0822. The number of fused-ring (bicyclic) bond motifs is 1. The van der Waals surface area contributed by atoms with Crippen molar-refractivity contribution >= 4 is 0 Å². The molecule has 0 bridgehead atoms. The molecule has 1 atom stereocenters. The summed E-state index contributed by atoms with van der Waals surface area (Å²) in [6.07, 6.45) is -0.391. The third kappa shape index (κ3) is 2.14. The zero-order valence-electron chi connectivity index (χ0n) is 9.94. The number of alkyl halides is 2. The second-order valence-electron chi connectivity index (χ2n) is 4.66. The van der Waals surface area contributed by atoms with Gasteiger partial charge in [-0.15, -0.1) is 0 Å². The van der Waals surface area contributed by atoms with Gasteiger partial charge >= 0.3 is 0 Å². The lowest BCUT2D eigenvalue weighted by atomic mass is 10.0. The van der Waals surface area contributed by atoms with Crippen LogP contribution >= 0.6 is 0 Å². The highest BCUT2D eigenvalue weighted by Crippen LogP contribution is 2.38. The van der Waals surface area contributed by atoms with Gasteiger partial charge < -0.3 is 9.47 Å². The van der Waals surface area contributed by atoms with E-state index in [1.165, 1.54) is 0 Å². The van der Waals surface area contributed by atoms with Gasteiger partial charge in [-0.25, -0.2) is 8.78 Å². The van der Waals surface area contributed by atoms with E-state index in [9.17, 15) is 8.78 Å². The average molecular weight is 255 g/mol. The van der Waals surface area contributed by atoms with Crippen LogP contribution in [0.5, 0.6) is 11.5 Å². The van der Waals surface area contributed by atoms with E-state index in [0.29, 0.717) is 0 Å². The molecular formula is C13H15F2NO2. The Balaban J connectivity index is 1.81. The molecule has 1 fully saturated rings. The van der Waals surface area contributed by atoms with E-state index in [1.54, 1.807) is 0 Å². The summed E-state index contributed by atoms with van der Waals surface area (Å²) >= 11 is 0. The Hall–Kier alpha value is -1.36. The van der Waals surface area contributed by atoms with Gasteiger partial charge in [0.25, 0.3) is 6.43 Å². The maximum Gasteiger partial charge on any atom is 0.251 e. The third-order valence-corrected chi connectivity index (χ3v) is 3.52. The van der Waals surface area contributed by atoms with Gasteiger partial charge in [-0.2, -0.15) is 0 Å². The summed E-state index contributed by atoms with van der Waals surface area (Å²) in [4.78, 5) is 1.85. The van der Waals surface area contributed by atoms with Crippen molar-refractivity contribution in [1.82, 2.24) is 4.90 Å². The van der Waals surface area contributed by atoms with Gasteiger partial charge in [0.2, 0.25) is 6.79 Å². The largest absolute Gasteiger partial charge is 0.454 e. The molecule has 3 nitrogen and oxygen atoms in total. The van der Waals surface area contributed by atoms with Crippen molar-refractivity contribution in [3.05, 3.63) is 23.8 Å². The maximum atomic E-state index is 12.5. The Morgan fingerprint density at radius 3 is 2.94 bits per heavy atom. The molecule has 0 saturated carbocycles. The van der Waals surface area contributed by atoms with Crippen molar-refractivity contribution in [2.24, 2.45) is 0 Å². The first kappa shape index (κ1) is 11.7. The van der Waals surface area contributed by atoms with Crippen LogP contribution in [0, 0.1) is 0 Å². The van der Waals surface area contributed by atoms with Crippen LogP contribution in [0.2, 0.25) is 0 Å². The number of likely N-dealkylation sites (tertiary alicyclic amines) is 1. The SMILES string of the molecule is FC(F)CN1CCCC1c1ccc2c(c1)OCO2. The number of halogens is 2. The van der Waals surface area contributed by atoms with Crippen molar-refractivity contribution in [2.45, 2.75) is 25.3 Å². The Morgan fingerprint density at radius 1 is 1.28 bits per heavy atom. The Bertz CT molecular complexity index is 439. The molecule has 0 N–H and O–H groups in total. The molecule has 0 aliphatic carbocycles. The molecule has 3 rings (SSSR count). The van der Waals surface area contributed by atoms with Crippen molar-refractivity contribution in [1.29, 1.82) is 0 Å². The number of ether oxygens (including phenoxy) is 2. The van der Waals surface area contributed by atoms with E-state index in [1.807, 2.05) is 23.1 Å². The summed E-state index contributed by atoms with van der Waals surface area (Å²) in [5.41, 5.74) is 1.04. The standard InChI is InChI=1S/C13H15F2NO2/c14-13(15)7-16-5-1-2-10(16)9-3-4-11-12(6-9)18-8-17-11/h3-4,6,10,13H,1-2,5,7-8H2. The summed E-state index contributed by atoms with van der Waals surface area (Å²) in [5.74, 6) is 1.45. The zero-order valence-corrected chi connectivity index (χ0v) is 9.94. The summed E-state index contributed by atoms with van der Waals surface area (Å²) in [6, 6.07) is 5.79. The van der Waals surface area contributed by atoms with Crippen LogP contribution in [0.25, 0.3) is 0 Å². The molecule has 0 aromatic heterocycles. The molecule has 2 aliphatic heterocycles. The van der Waals surface area contributed by atoms with Gasteiger partial charge in [0.15, 0.2) is 11.5 Å². The summed E-state index contributed by atoms with van der Waals surface area (Å²) in [5, 5.41) is 0. The van der Waals surface area contributed by atoms with Gasteiger partial charge in [-0.05, 0) is 37.1 Å². The number of rotatable bonds is 3. The Morgan fingerprint density at radius 2 is 2.11 bits per heavy atom. The molecular weight excluding hydrogens is 240 g/mol. The highest BCUT2D eigenvalue weighted by Gasteiger charge is 2.29. The van der Waals surface area contributed by atoms with Crippen molar-refractivity contribution in [3.8, 4) is 11.5 Å². The highest BCUT2D eigenvalue weighted by atomic mass is 19.3. The fourth-order valence-electron chi connectivity index (χ4n) is 2.72. The first-order chi connectivity index (χ1) is 8.74. The lowest BCUT2D eigenvalue weighted by Crippen LogP contribution is -2.28. The number of hydrogen-bond acceptors (Lipinski definition) is 3. The quantitative estimate of drug-likeness (QED) is 0.829. The molecule has 0 radical (unpaired) electrons. The molecule has 1 aromatic rings. The Labute approximate surface area is 104 Å². The Kier molecular flexibility index (Phi) is 3.07. The van der Waals surface area contributed by atoms with E-state index < -0.39 is 6.43 Å². The van der Waals surface area contributed by atoms with E-state index in [2.05, 4.69) is 0 Å². The monoisotopic (exact) mass is 255 g/mol. The van der Waals surface area contributed by atoms with E-state index in [0.717, 1.165) is 36.4 Å². The number of nitrogens with zero attached hydrogens (tertiary/aromatic N) is 1. The molecule has 5 heteroatoms. The van der Waals surface area contributed by atoms with Crippen LogP contribution in [0.3, 0.4) is 0 Å². The minimum atomic E-state index is -2.28. The van der Waals surface area contributed by atoms with Crippen molar-refractivity contribution < 1.29 is 18.3 Å². The minimum absolute atomic E-state index is 0.0773. The fraction of sp³-hybridized carbons (Fsp3) is 0.538. The van der Waals surface area contributed by atoms with Crippen molar-refractivity contribution in [2.75, 3.05) is 19.9 Å². The maximum absolute atomic E-state index is 12.5. The molecule has 18 heavy (non-hydrogen) atoms. The first-order valence-electron chi connectivity index (χ1n) is 6.16. The predicted octanol–water partition coefficient (Wildman–Crippen LogP) is 2.82. The minimum Gasteiger partial charge on any atom is -0.454 e. The third-order valence-electron chi connectivity index (χ3n) is 3.52. The fourth-order valence-corrected chi connectivity index (χ4v) is 2.72. The van der Waals surface area contributed by atoms with Crippen LogP contribution in [-0.4, -0.2) is 31.2 Å². The summed E-state index contributed by atoms with van der Waals surface area (Å²) < 4.78 is 35.6. The van der Waals surface area contributed by atoms with Crippen LogP contribution in [-0.2, 0) is 0 Å². The molecule has 98 valence electrons. The predicted molar refractivity (Wildman–Crippen MR) is 62.1 cm³/mol. The molecule has 2 aliphatic rings. The lowest BCUT2D eigenvalue weighted by Gasteiger charge is -2.24. The van der Waals surface area contributed by atoms with E-state index >= 15 is 0 Å². The first-order valence-corrected chi connectivity index (χ1v) is 6.16. The second kappa shape index (κ2) is 4.72. The van der Waals surface area contributed by atoms with Gasteiger partial charge in [0.05, 0.1) is 6.54 Å². The van der Waals surface area contributed by atoms with Gasteiger partial charge in [0.1, 0.15) is 0 Å². The zero-order chi connectivity index (χ0) is 12.5. The topological polar surface area (TPSA) is 21.7 Å². The van der Waals surface area contributed by atoms with Gasteiger partial charge in [-0.3, -0.25) is 4.90 Å². The van der Waals surface area contributed by atoms with Crippen LogP contribution in [0.4, 0.5) is 8.78 Å². The van der Waals surface area contributed by atoms with E-state index in [4.69, 9.17) is 9.47 Å². The molecule has 2 heterocycles. The normalized spacial score (nSPS) is 22.9. The molecule has 0 amide bonds. The molecule has 1 aromatic carbocycles. The average Bonchev–Trinajstić information content (AvgIpc) is 2.95. The van der Waals surface area contributed by atoms with Crippen LogP contribution in [0.1, 0.15) is 24.4 Å². The van der Waals surface area contributed by atoms with Crippen LogP contribution in [0.15, 0.2) is 18.2 Å². The second-order valence-corrected chi connectivity index (χ2v) is 4.66.